The van der Waals surface area contributed by atoms with Gasteiger partial charge in [-0.3, -0.25) is 14.5 Å². The number of hydrogen-bond donors (Lipinski definition) is 1. The molecule has 0 bridgehead atoms. The van der Waals surface area contributed by atoms with Gasteiger partial charge >= 0.3 is 6.03 Å². The molecule has 1 N–H and O–H groups in total. The fraction of sp³-hybridized carbons (Fsp3) is 0.842. The van der Waals surface area contributed by atoms with E-state index < -0.39 is 11.6 Å². The van der Waals surface area contributed by atoms with E-state index in [0.717, 1.165) is 37.0 Å². The van der Waals surface area contributed by atoms with Crippen LogP contribution in [0, 0.1) is 5.92 Å². The molecule has 4 atom stereocenters. The Balaban J connectivity index is 2.17. The van der Waals surface area contributed by atoms with Crippen LogP contribution < -0.4 is 5.32 Å². The van der Waals surface area contributed by atoms with Crippen LogP contribution in [0.25, 0.3) is 0 Å². The predicted molar refractivity (Wildman–Crippen MR) is 97.0 cm³/mol. The lowest BCUT2D eigenvalue weighted by atomic mass is 9.73. The summed E-state index contributed by atoms with van der Waals surface area (Å²) < 4.78 is 0. The number of nitrogens with one attached hydrogen (secondary N) is 1. The third-order valence-electron chi connectivity index (χ3n) is 6.21. The Morgan fingerprint density at radius 1 is 1.24 bits per heavy atom. The average Bonchev–Trinajstić information content (AvgIpc) is 2.82. The summed E-state index contributed by atoms with van der Waals surface area (Å²) in [5, 5.41) is 2.92. The molecule has 1 spiro atoms. The Kier molecular flexibility index (Phi) is 6.12. The Hall–Kier alpha value is -1.59. The van der Waals surface area contributed by atoms with Crippen molar-refractivity contribution in [2.45, 2.75) is 90.8 Å². The summed E-state index contributed by atoms with van der Waals surface area (Å²) in [7, 11) is 0. The highest BCUT2D eigenvalue weighted by Gasteiger charge is 2.55. The number of carbonyl (C=O) groups is 3. The second-order valence-electron chi connectivity index (χ2n) is 7.76. The first kappa shape index (κ1) is 19.7. The van der Waals surface area contributed by atoms with E-state index in [1.54, 1.807) is 0 Å². The second-order valence-corrected chi connectivity index (χ2v) is 7.76. The van der Waals surface area contributed by atoms with Crippen LogP contribution in [-0.2, 0) is 9.59 Å². The maximum atomic E-state index is 13.0. The van der Waals surface area contributed by atoms with Gasteiger partial charge in [0.25, 0.3) is 5.91 Å². The van der Waals surface area contributed by atoms with E-state index in [-0.39, 0.29) is 36.4 Å². The molecule has 0 aromatic heterocycles. The van der Waals surface area contributed by atoms with Crippen LogP contribution in [0.2, 0.25) is 0 Å². The molecule has 142 valence electrons. The number of urea groups is 1. The molecule has 6 heteroatoms. The standard InChI is InChI=1S/C19H33N3O3/c1-6-14(4)22(15(5)7-2)16(23)12-21-17(24)19(20-18(21)25)11-9-8-10-13(19)3/h13-15H,6-12H2,1-5H3,(H,20,25)/t13-,14-,15-,19-/m0/s1. The molecule has 0 unspecified atom stereocenters. The van der Waals surface area contributed by atoms with Crippen molar-refractivity contribution in [1.82, 2.24) is 15.1 Å². The molecule has 2 fully saturated rings. The number of carbonyl (C=O) groups excluding carboxylic acids is 3. The Labute approximate surface area is 151 Å². The first-order chi connectivity index (χ1) is 11.8. The van der Waals surface area contributed by atoms with E-state index >= 15 is 0 Å². The summed E-state index contributed by atoms with van der Waals surface area (Å²) in [6, 6.07) is -0.239. The Bertz CT molecular complexity index is 526. The Morgan fingerprint density at radius 2 is 1.84 bits per heavy atom. The van der Waals surface area contributed by atoms with Crippen molar-refractivity contribution < 1.29 is 14.4 Å². The zero-order chi connectivity index (χ0) is 18.8. The minimum absolute atomic E-state index is 0.0887. The van der Waals surface area contributed by atoms with Gasteiger partial charge in [0.1, 0.15) is 12.1 Å². The van der Waals surface area contributed by atoms with Crippen LogP contribution in [0.15, 0.2) is 0 Å². The fourth-order valence-corrected chi connectivity index (χ4v) is 4.18. The molecule has 0 radical (unpaired) electrons. The quantitative estimate of drug-likeness (QED) is 0.748. The number of imide groups is 1. The van der Waals surface area contributed by atoms with Crippen LogP contribution in [0.4, 0.5) is 4.79 Å². The van der Waals surface area contributed by atoms with Gasteiger partial charge in [-0.2, -0.15) is 0 Å². The van der Waals surface area contributed by atoms with Crippen molar-refractivity contribution in [3.8, 4) is 0 Å². The van der Waals surface area contributed by atoms with Gasteiger partial charge in [0.05, 0.1) is 0 Å². The lowest BCUT2D eigenvalue weighted by Gasteiger charge is -2.37. The van der Waals surface area contributed by atoms with Crippen molar-refractivity contribution in [2.24, 2.45) is 5.92 Å². The van der Waals surface area contributed by atoms with Gasteiger partial charge in [0, 0.05) is 12.1 Å². The molecule has 1 saturated carbocycles. The number of rotatable bonds is 6. The van der Waals surface area contributed by atoms with Gasteiger partial charge in [-0.05, 0) is 45.4 Å². The van der Waals surface area contributed by atoms with E-state index in [0.29, 0.717) is 6.42 Å². The van der Waals surface area contributed by atoms with E-state index in [4.69, 9.17) is 0 Å². The fourth-order valence-electron chi connectivity index (χ4n) is 4.18. The van der Waals surface area contributed by atoms with E-state index in [1.165, 1.54) is 0 Å². The highest BCUT2D eigenvalue weighted by atomic mass is 16.2. The number of amides is 4. The highest BCUT2D eigenvalue weighted by Crippen LogP contribution is 2.38. The maximum Gasteiger partial charge on any atom is 0.325 e. The third kappa shape index (κ3) is 3.53. The molecule has 2 rings (SSSR count). The first-order valence-corrected chi connectivity index (χ1v) is 9.73. The second kappa shape index (κ2) is 7.75. The van der Waals surface area contributed by atoms with Crippen LogP contribution in [0.1, 0.15) is 73.1 Å². The molecular weight excluding hydrogens is 318 g/mol. The maximum absolute atomic E-state index is 13.0. The van der Waals surface area contributed by atoms with Crippen molar-refractivity contribution in [3.63, 3.8) is 0 Å². The summed E-state index contributed by atoms with van der Waals surface area (Å²) in [6.07, 6.45) is 5.31. The normalized spacial score (nSPS) is 28.8. The zero-order valence-electron chi connectivity index (χ0n) is 16.3. The summed E-state index contributed by atoms with van der Waals surface area (Å²) in [5.74, 6) is -0.253. The van der Waals surface area contributed by atoms with E-state index in [9.17, 15) is 14.4 Å². The molecular formula is C19H33N3O3. The van der Waals surface area contributed by atoms with Crippen LogP contribution in [0.3, 0.4) is 0 Å². The van der Waals surface area contributed by atoms with Crippen molar-refractivity contribution >= 4 is 17.8 Å². The summed E-state index contributed by atoms with van der Waals surface area (Å²) in [5.41, 5.74) is -0.798. The number of nitrogens with zero attached hydrogens (tertiary/aromatic N) is 2. The smallest absolute Gasteiger partial charge is 0.325 e. The van der Waals surface area contributed by atoms with Gasteiger partial charge in [0.2, 0.25) is 5.91 Å². The molecule has 1 heterocycles. The third-order valence-corrected chi connectivity index (χ3v) is 6.21. The summed E-state index contributed by atoms with van der Waals surface area (Å²) in [4.78, 5) is 41.3. The predicted octanol–water partition coefficient (Wildman–Crippen LogP) is 2.91. The van der Waals surface area contributed by atoms with Crippen molar-refractivity contribution in [3.05, 3.63) is 0 Å². The minimum Gasteiger partial charge on any atom is -0.336 e. The first-order valence-electron chi connectivity index (χ1n) is 9.73. The van der Waals surface area contributed by atoms with Crippen molar-refractivity contribution in [1.29, 1.82) is 0 Å². The lowest BCUT2D eigenvalue weighted by Crippen LogP contribution is -2.54. The summed E-state index contributed by atoms with van der Waals surface area (Å²) >= 11 is 0. The molecule has 1 aliphatic heterocycles. The molecule has 1 aliphatic carbocycles. The van der Waals surface area contributed by atoms with E-state index in [2.05, 4.69) is 5.32 Å². The molecule has 4 amide bonds. The van der Waals surface area contributed by atoms with Crippen LogP contribution in [-0.4, -0.2) is 51.8 Å². The van der Waals surface area contributed by atoms with Gasteiger partial charge in [-0.15, -0.1) is 0 Å². The lowest BCUT2D eigenvalue weighted by molar-refractivity contribution is -0.143. The SMILES string of the molecule is CC[C@H](C)N(C(=O)CN1C(=O)N[C@]2(CCCC[C@@H]2C)C1=O)[C@@H](C)CC. The monoisotopic (exact) mass is 351 g/mol. The van der Waals surface area contributed by atoms with Gasteiger partial charge in [0.15, 0.2) is 0 Å². The Morgan fingerprint density at radius 3 is 2.36 bits per heavy atom. The zero-order valence-corrected chi connectivity index (χ0v) is 16.3. The average molecular weight is 351 g/mol. The molecule has 0 aromatic rings. The van der Waals surface area contributed by atoms with Gasteiger partial charge in [-0.1, -0.05) is 33.6 Å². The number of hydrogen-bond acceptors (Lipinski definition) is 3. The van der Waals surface area contributed by atoms with Gasteiger partial charge in [-0.25, -0.2) is 4.79 Å². The van der Waals surface area contributed by atoms with Crippen LogP contribution in [0.5, 0.6) is 0 Å². The van der Waals surface area contributed by atoms with Crippen molar-refractivity contribution in [2.75, 3.05) is 6.54 Å². The largest absolute Gasteiger partial charge is 0.336 e. The summed E-state index contributed by atoms with van der Waals surface area (Å²) in [6.45, 7) is 9.97. The van der Waals surface area contributed by atoms with Gasteiger partial charge < -0.3 is 10.2 Å². The molecule has 0 aromatic carbocycles. The molecule has 25 heavy (non-hydrogen) atoms. The minimum atomic E-state index is -0.798. The molecule has 1 saturated heterocycles. The van der Waals surface area contributed by atoms with E-state index in [1.807, 2.05) is 39.5 Å². The van der Waals surface area contributed by atoms with Crippen LogP contribution >= 0.6 is 0 Å². The topological polar surface area (TPSA) is 69.7 Å². The molecule has 2 aliphatic rings. The molecule has 6 nitrogen and oxygen atoms in total. The highest BCUT2D eigenvalue weighted by molar-refractivity contribution is 6.09.